The molecule has 0 aliphatic carbocycles. The quantitative estimate of drug-likeness (QED) is 0.607. The fraction of sp³-hybridized carbons (Fsp3) is 0.176. The fourth-order valence-electron chi connectivity index (χ4n) is 2.78. The first-order chi connectivity index (χ1) is 12.2. The monoisotopic (exact) mass is 383 g/mol. The highest BCUT2D eigenvalue weighted by Crippen LogP contribution is 2.39. The number of rotatable bonds is 3. The van der Waals surface area contributed by atoms with Gasteiger partial charge in [-0.2, -0.15) is 13.2 Å². The Bertz CT molecular complexity index is 1080. The normalized spacial score (nSPS) is 11.9. The van der Waals surface area contributed by atoms with Gasteiger partial charge in [0.05, 0.1) is 10.6 Å². The zero-order valence-electron chi connectivity index (χ0n) is 13.2. The van der Waals surface area contributed by atoms with Crippen molar-refractivity contribution in [2.24, 2.45) is 5.73 Å². The Hall–Kier alpha value is -2.58. The van der Waals surface area contributed by atoms with E-state index in [0.29, 0.717) is 16.2 Å². The number of carbonyl (C=O) groups excluding carboxylic acids is 1. The second-order valence-corrected chi connectivity index (χ2v) is 6.05. The number of hydrogen-bond acceptors (Lipinski definition) is 3. The molecule has 1 amide bonds. The first kappa shape index (κ1) is 18.2. The van der Waals surface area contributed by atoms with Crippen molar-refractivity contribution in [3.63, 3.8) is 0 Å². The van der Waals surface area contributed by atoms with Crippen molar-refractivity contribution in [1.29, 1.82) is 0 Å². The van der Waals surface area contributed by atoms with Crippen LogP contribution in [0.4, 0.5) is 13.2 Å². The minimum absolute atomic E-state index is 0.00807. The number of halogens is 4. The molecule has 0 aliphatic rings. The average Bonchev–Trinajstić information content (AvgIpc) is 2.57. The van der Waals surface area contributed by atoms with E-state index in [2.05, 4.69) is 10.3 Å². The molecule has 0 radical (unpaired) electrons. The van der Waals surface area contributed by atoms with Crippen molar-refractivity contribution in [3.05, 3.63) is 57.0 Å². The van der Waals surface area contributed by atoms with Gasteiger partial charge in [-0.05, 0) is 34.4 Å². The van der Waals surface area contributed by atoms with Crippen LogP contribution in [0.25, 0.3) is 21.5 Å². The van der Waals surface area contributed by atoms with Crippen molar-refractivity contribution in [3.8, 4) is 0 Å². The summed E-state index contributed by atoms with van der Waals surface area (Å²) in [7, 11) is 0. The van der Waals surface area contributed by atoms with Crippen LogP contribution in [-0.4, -0.2) is 24.0 Å². The molecule has 3 rings (SSSR count). The molecule has 0 aliphatic heterocycles. The van der Waals surface area contributed by atoms with Gasteiger partial charge in [0.25, 0.3) is 5.91 Å². The van der Waals surface area contributed by atoms with E-state index in [9.17, 15) is 22.8 Å². The third kappa shape index (κ3) is 3.25. The molecule has 1 aromatic heterocycles. The lowest BCUT2D eigenvalue weighted by atomic mass is 9.96. The zero-order chi connectivity index (χ0) is 19.1. The van der Waals surface area contributed by atoms with Gasteiger partial charge in [-0.1, -0.05) is 11.6 Å². The van der Waals surface area contributed by atoms with E-state index in [1.165, 1.54) is 18.3 Å². The number of aromatic nitrogens is 1. The van der Waals surface area contributed by atoms with Crippen molar-refractivity contribution < 1.29 is 18.0 Å². The summed E-state index contributed by atoms with van der Waals surface area (Å²) in [6.45, 7) is 0.337. The van der Waals surface area contributed by atoms with Gasteiger partial charge < -0.3 is 16.0 Å². The van der Waals surface area contributed by atoms with Crippen LogP contribution in [0.5, 0.6) is 0 Å². The van der Waals surface area contributed by atoms with Crippen molar-refractivity contribution in [2.75, 3.05) is 13.1 Å². The van der Waals surface area contributed by atoms with Gasteiger partial charge in [-0.25, -0.2) is 0 Å². The Labute approximate surface area is 149 Å². The summed E-state index contributed by atoms with van der Waals surface area (Å²) < 4.78 is 39.7. The van der Waals surface area contributed by atoms with Crippen molar-refractivity contribution in [1.82, 2.24) is 10.3 Å². The van der Waals surface area contributed by atoms with Gasteiger partial charge in [-0.3, -0.25) is 9.59 Å². The van der Waals surface area contributed by atoms with Crippen molar-refractivity contribution in [2.45, 2.75) is 6.18 Å². The molecule has 0 unspecified atom stereocenters. The molecule has 4 N–H and O–H groups in total. The Morgan fingerprint density at radius 1 is 1.15 bits per heavy atom. The Balaban J connectivity index is 2.40. The predicted octanol–water partition coefficient (Wildman–Crippen LogP) is 3.04. The summed E-state index contributed by atoms with van der Waals surface area (Å²) in [4.78, 5) is 26.5. The molecule has 0 spiro atoms. The standard InChI is InChI=1S/C17H13ClF3N3O2/c18-14-6-10-9(5-13(14)17(19,20)21)11(16(26)23-2-1-22)3-8-4-15(25)24-7-12(8)10/h3-7H,1-2,22H2,(H,23,26)(H,24,25). The molecule has 1 heterocycles. The van der Waals surface area contributed by atoms with Crippen molar-refractivity contribution >= 4 is 39.1 Å². The number of aromatic amines is 1. The summed E-state index contributed by atoms with van der Waals surface area (Å²) in [5.74, 6) is -0.585. The number of hydrogen-bond donors (Lipinski definition) is 3. The highest BCUT2D eigenvalue weighted by molar-refractivity contribution is 6.33. The van der Waals surface area contributed by atoms with Gasteiger partial charge in [0, 0.05) is 36.3 Å². The molecule has 0 saturated carbocycles. The number of nitrogens with two attached hydrogens (primary N) is 1. The van der Waals surface area contributed by atoms with Gasteiger partial charge in [0.1, 0.15) is 0 Å². The van der Waals surface area contributed by atoms with Crippen LogP contribution in [0.1, 0.15) is 15.9 Å². The Kier molecular flexibility index (Phi) is 4.64. The van der Waals surface area contributed by atoms with Crippen LogP contribution < -0.4 is 16.6 Å². The minimum atomic E-state index is -4.67. The van der Waals surface area contributed by atoms with E-state index < -0.39 is 28.2 Å². The van der Waals surface area contributed by atoms with Gasteiger partial charge in [0.15, 0.2) is 0 Å². The van der Waals surface area contributed by atoms with E-state index in [1.807, 2.05) is 0 Å². The summed E-state index contributed by atoms with van der Waals surface area (Å²) >= 11 is 5.83. The Morgan fingerprint density at radius 3 is 2.54 bits per heavy atom. The number of carbonyl (C=O) groups is 1. The molecule has 3 aromatic rings. The number of alkyl halides is 3. The lowest BCUT2D eigenvalue weighted by Crippen LogP contribution is -2.29. The molecule has 9 heteroatoms. The maximum Gasteiger partial charge on any atom is 0.417 e. The van der Waals surface area contributed by atoms with Crippen LogP contribution in [0.3, 0.4) is 0 Å². The molecule has 136 valence electrons. The second kappa shape index (κ2) is 6.62. The summed E-state index contributed by atoms with van der Waals surface area (Å²) in [6.07, 6.45) is -3.29. The number of fused-ring (bicyclic) bond motifs is 3. The summed E-state index contributed by atoms with van der Waals surface area (Å²) in [5, 5.41) is 3.34. The number of benzene rings is 2. The van der Waals surface area contributed by atoms with Gasteiger partial charge in [-0.15, -0.1) is 0 Å². The van der Waals surface area contributed by atoms with E-state index in [0.717, 1.165) is 12.1 Å². The smallest absolute Gasteiger partial charge is 0.351 e. The molecular weight excluding hydrogens is 371 g/mol. The largest absolute Gasteiger partial charge is 0.417 e. The molecule has 0 saturated heterocycles. The van der Waals surface area contributed by atoms with Crippen LogP contribution >= 0.6 is 11.6 Å². The fourth-order valence-corrected chi connectivity index (χ4v) is 3.05. The maximum absolute atomic E-state index is 13.2. The molecule has 0 atom stereocenters. The minimum Gasteiger partial charge on any atom is -0.351 e. The number of amides is 1. The van der Waals surface area contributed by atoms with Crippen LogP contribution in [-0.2, 0) is 6.18 Å². The topological polar surface area (TPSA) is 88.0 Å². The van der Waals surface area contributed by atoms with Crippen LogP contribution in [0.15, 0.2) is 35.3 Å². The van der Waals surface area contributed by atoms with Crippen LogP contribution in [0.2, 0.25) is 5.02 Å². The average molecular weight is 384 g/mol. The van der Waals surface area contributed by atoms with E-state index >= 15 is 0 Å². The van der Waals surface area contributed by atoms with Gasteiger partial charge >= 0.3 is 6.18 Å². The number of pyridine rings is 1. The van der Waals surface area contributed by atoms with E-state index in [1.54, 1.807) is 0 Å². The van der Waals surface area contributed by atoms with Gasteiger partial charge in [0.2, 0.25) is 5.56 Å². The summed E-state index contributed by atoms with van der Waals surface area (Å²) in [6, 6.07) is 4.65. The molecule has 0 bridgehead atoms. The molecule has 2 aromatic carbocycles. The lowest BCUT2D eigenvalue weighted by molar-refractivity contribution is -0.137. The highest BCUT2D eigenvalue weighted by atomic mass is 35.5. The third-order valence-corrected chi connectivity index (χ3v) is 4.24. The summed E-state index contributed by atoms with van der Waals surface area (Å²) in [5.41, 5.74) is 3.92. The third-order valence-electron chi connectivity index (χ3n) is 3.92. The Morgan fingerprint density at radius 2 is 1.88 bits per heavy atom. The SMILES string of the molecule is NCCNC(=O)c1cc2cc(=O)[nH]cc2c2cc(Cl)c(C(F)(F)F)cc12. The maximum atomic E-state index is 13.2. The highest BCUT2D eigenvalue weighted by Gasteiger charge is 2.34. The number of H-pyrrole nitrogens is 1. The second-order valence-electron chi connectivity index (χ2n) is 5.64. The molecule has 0 fully saturated rings. The van der Waals surface area contributed by atoms with E-state index in [4.69, 9.17) is 17.3 Å². The van der Waals surface area contributed by atoms with E-state index in [-0.39, 0.29) is 24.0 Å². The molecule has 5 nitrogen and oxygen atoms in total. The predicted molar refractivity (Wildman–Crippen MR) is 93.5 cm³/mol. The van der Waals surface area contributed by atoms with Crippen LogP contribution in [0, 0.1) is 0 Å². The first-order valence-electron chi connectivity index (χ1n) is 7.56. The molecule has 26 heavy (non-hydrogen) atoms. The molecular formula is C17H13ClF3N3O2. The first-order valence-corrected chi connectivity index (χ1v) is 7.94. The number of nitrogens with one attached hydrogen (secondary N) is 2. The zero-order valence-corrected chi connectivity index (χ0v) is 14.0. The lowest BCUT2D eigenvalue weighted by Gasteiger charge is -2.15.